The fraction of sp³-hybridized carbons (Fsp3) is 0.261. The number of carbonyl (C=O) groups is 1. The lowest BCUT2D eigenvalue weighted by atomic mass is 9.75. The van der Waals surface area contributed by atoms with Gasteiger partial charge in [0.2, 0.25) is 0 Å². The lowest BCUT2D eigenvalue weighted by molar-refractivity contribution is -0.115. The molecule has 0 fully saturated rings. The van der Waals surface area contributed by atoms with E-state index in [9.17, 15) is 4.79 Å². The first-order valence-corrected chi connectivity index (χ1v) is 8.82. The Balaban J connectivity index is 1.91. The summed E-state index contributed by atoms with van der Waals surface area (Å²) in [6.45, 7) is 2.17. The molecule has 2 aromatic carbocycles. The van der Waals surface area contributed by atoms with E-state index in [1.807, 2.05) is 54.6 Å². The van der Waals surface area contributed by atoms with E-state index >= 15 is 0 Å². The van der Waals surface area contributed by atoms with E-state index in [1.165, 1.54) is 0 Å². The summed E-state index contributed by atoms with van der Waals surface area (Å²) in [5.41, 5.74) is 3.12. The Bertz CT molecular complexity index is 848. The molecule has 0 spiro atoms. The van der Waals surface area contributed by atoms with Crippen LogP contribution < -0.4 is 9.47 Å². The highest BCUT2D eigenvalue weighted by Crippen LogP contribution is 2.41. The normalized spacial score (nSPS) is 20.1. The molecular formula is C23H24O3. The molecule has 2 atom stereocenters. The zero-order valence-corrected chi connectivity index (χ0v) is 15.4. The molecule has 0 aliphatic heterocycles. The van der Waals surface area contributed by atoms with Crippen molar-refractivity contribution in [3.05, 3.63) is 77.4 Å². The predicted molar refractivity (Wildman–Crippen MR) is 105 cm³/mol. The number of allylic oxidation sites excluding steroid dienone is 3. The van der Waals surface area contributed by atoms with Crippen molar-refractivity contribution in [1.29, 1.82) is 0 Å². The minimum absolute atomic E-state index is 0.112. The van der Waals surface area contributed by atoms with Crippen LogP contribution in [-0.2, 0) is 4.79 Å². The van der Waals surface area contributed by atoms with Gasteiger partial charge in [-0.05, 0) is 35.3 Å². The van der Waals surface area contributed by atoms with Crippen LogP contribution in [-0.4, -0.2) is 20.0 Å². The molecule has 0 saturated heterocycles. The van der Waals surface area contributed by atoms with E-state index in [2.05, 4.69) is 13.0 Å². The summed E-state index contributed by atoms with van der Waals surface area (Å²) >= 11 is 0. The van der Waals surface area contributed by atoms with Crippen LogP contribution in [0.25, 0.3) is 6.08 Å². The largest absolute Gasteiger partial charge is 0.496 e. The molecule has 3 rings (SSSR count). The average molecular weight is 348 g/mol. The number of carbonyl (C=O) groups excluding carboxylic acids is 1. The van der Waals surface area contributed by atoms with Crippen LogP contribution in [0.4, 0.5) is 0 Å². The minimum atomic E-state index is 0.112. The topological polar surface area (TPSA) is 35.5 Å². The number of rotatable bonds is 5. The van der Waals surface area contributed by atoms with Gasteiger partial charge in [-0.2, -0.15) is 0 Å². The monoisotopic (exact) mass is 348 g/mol. The Morgan fingerprint density at radius 3 is 2.31 bits per heavy atom. The van der Waals surface area contributed by atoms with E-state index < -0.39 is 0 Å². The second-order valence-electron chi connectivity index (χ2n) is 6.53. The predicted octanol–water partition coefficient (Wildman–Crippen LogP) is 5.04. The van der Waals surface area contributed by atoms with Crippen LogP contribution in [0.5, 0.6) is 11.5 Å². The second-order valence-corrected chi connectivity index (χ2v) is 6.53. The van der Waals surface area contributed by atoms with Gasteiger partial charge in [-0.1, -0.05) is 55.5 Å². The van der Waals surface area contributed by atoms with Crippen molar-refractivity contribution >= 4 is 11.9 Å². The standard InChI is InChI=1S/C23H24O3/c1-16-18(13-12-17-8-4-6-10-22(17)25-2)14-19(24)15-21(16)20-9-5-7-11-23(20)26-3/h4-14,16,21H,15H2,1-3H3. The molecule has 0 amide bonds. The number of benzene rings is 2. The smallest absolute Gasteiger partial charge is 0.156 e. The lowest BCUT2D eigenvalue weighted by Gasteiger charge is -2.29. The summed E-state index contributed by atoms with van der Waals surface area (Å²) in [7, 11) is 3.34. The third-order valence-electron chi connectivity index (χ3n) is 5.01. The van der Waals surface area contributed by atoms with E-state index in [0.717, 1.165) is 28.2 Å². The molecule has 0 N–H and O–H groups in total. The van der Waals surface area contributed by atoms with Crippen molar-refractivity contribution in [3.8, 4) is 11.5 Å². The summed E-state index contributed by atoms with van der Waals surface area (Å²) in [6.07, 6.45) is 6.32. The Kier molecular flexibility index (Phi) is 5.57. The molecule has 26 heavy (non-hydrogen) atoms. The molecule has 0 saturated carbocycles. The van der Waals surface area contributed by atoms with Crippen LogP contribution in [0.3, 0.4) is 0 Å². The number of ketones is 1. The van der Waals surface area contributed by atoms with Crippen LogP contribution in [0, 0.1) is 5.92 Å². The zero-order valence-electron chi connectivity index (χ0n) is 15.4. The van der Waals surface area contributed by atoms with Crippen LogP contribution in [0.15, 0.2) is 66.3 Å². The molecular weight excluding hydrogens is 324 g/mol. The SMILES string of the molecule is COc1ccccc1C=CC1=CC(=O)CC(c2ccccc2OC)C1C. The molecule has 134 valence electrons. The third-order valence-corrected chi connectivity index (χ3v) is 5.01. The number of ether oxygens (including phenoxy) is 2. The minimum Gasteiger partial charge on any atom is -0.496 e. The van der Waals surface area contributed by atoms with Gasteiger partial charge in [0.25, 0.3) is 0 Å². The lowest BCUT2D eigenvalue weighted by Crippen LogP contribution is -2.21. The summed E-state index contributed by atoms with van der Waals surface area (Å²) in [5, 5.41) is 0. The van der Waals surface area contributed by atoms with Gasteiger partial charge in [-0.15, -0.1) is 0 Å². The first-order chi connectivity index (χ1) is 12.6. The van der Waals surface area contributed by atoms with Gasteiger partial charge in [-0.25, -0.2) is 0 Å². The summed E-state index contributed by atoms with van der Waals surface area (Å²) < 4.78 is 10.9. The maximum atomic E-state index is 12.4. The van der Waals surface area contributed by atoms with Crippen molar-refractivity contribution in [2.75, 3.05) is 14.2 Å². The van der Waals surface area contributed by atoms with Crippen molar-refractivity contribution in [2.24, 2.45) is 5.92 Å². The molecule has 1 aliphatic carbocycles. The van der Waals surface area contributed by atoms with Crippen molar-refractivity contribution < 1.29 is 14.3 Å². The molecule has 1 aliphatic rings. The first kappa shape index (κ1) is 18.0. The summed E-state index contributed by atoms with van der Waals surface area (Å²) in [6, 6.07) is 15.8. The van der Waals surface area contributed by atoms with E-state index in [-0.39, 0.29) is 17.6 Å². The van der Waals surface area contributed by atoms with Crippen molar-refractivity contribution in [1.82, 2.24) is 0 Å². The number of hydrogen-bond acceptors (Lipinski definition) is 3. The van der Waals surface area contributed by atoms with Gasteiger partial charge in [0.1, 0.15) is 11.5 Å². The highest BCUT2D eigenvalue weighted by atomic mass is 16.5. The van der Waals surface area contributed by atoms with Crippen LogP contribution in [0.2, 0.25) is 0 Å². The first-order valence-electron chi connectivity index (χ1n) is 8.82. The zero-order chi connectivity index (χ0) is 18.5. The van der Waals surface area contributed by atoms with E-state index in [0.29, 0.717) is 6.42 Å². The van der Waals surface area contributed by atoms with Crippen LogP contribution in [0.1, 0.15) is 30.4 Å². The molecule has 0 heterocycles. The van der Waals surface area contributed by atoms with Gasteiger partial charge < -0.3 is 9.47 Å². The fourth-order valence-corrected chi connectivity index (χ4v) is 3.54. The number of hydrogen-bond donors (Lipinski definition) is 0. The number of para-hydroxylation sites is 2. The highest BCUT2D eigenvalue weighted by Gasteiger charge is 2.30. The van der Waals surface area contributed by atoms with E-state index in [4.69, 9.17) is 9.47 Å². The van der Waals surface area contributed by atoms with Gasteiger partial charge in [0.15, 0.2) is 5.78 Å². The average Bonchev–Trinajstić information content (AvgIpc) is 2.68. The highest BCUT2D eigenvalue weighted by molar-refractivity contribution is 5.93. The Morgan fingerprint density at radius 1 is 0.923 bits per heavy atom. The Morgan fingerprint density at radius 2 is 1.58 bits per heavy atom. The Hall–Kier alpha value is -2.81. The van der Waals surface area contributed by atoms with Gasteiger partial charge in [-0.3, -0.25) is 4.79 Å². The van der Waals surface area contributed by atoms with Crippen molar-refractivity contribution in [2.45, 2.75) is 19.3 Å². The molecule has 0 bridgehead atoms. The van der Waals surface area contributed by atoms with Crippen molar-refractivity contribution in [3.63, 3.8) is 0 Å². The molecule has 0 radical (unpaired) electrons. The molecule has 0 aromatic heterocycles. The summed E-state index contributed by atoms with van der Waals surface area (Å²) in [4.78, 5) is 12.4. The third kappa shape index (κ3) is 3.72. The maximum Gasteiger partial charge on any atom is 0.156 e. The molecule has 3 nitrogen and oxygen atoms in total. The molecule has 3 heteroatoms. The quantitative estimate of drug-likeness (QED) is 0.760. The van der Waals surface area contributed by atoms with Crippen LogP contribution >= 0.6 is 0 Å². The summed E-state index contributed by atoms with van der Waals surface area (Å²) in [5.74, 6) is 2.14. The maximum absolute atomic E-state index is 12.4. The molecule has 2 aromatic rings. The van der Waals surface area contributed by atoms with Gasteiger partial charge in [0, 0.05) is 17.9 Å². The fourth-order valence-electron chi connectivity index (χ4n) is 3.54. The van der Waals surface area contributed by atoms with Gasteiger partial charge in [0.05, 0.1) is 14.2 Å². The van der Waals surface area contributed by atoms with E-state index in [1.54, 1.807) is 20.3 Å². The molecule has 2 unspecified atom stereocenters. The van der Waals surface area contributed by atoms with Gasteiger partial charge >= 0.3 is 0 Å². The number of methoxy groups -OCH3 is 2. The second kappa shape index (κ2) is 8.05. The Labute approximate surface area is 155 Å².